The first-order valence-electron chi connectivity index (χ1n) is 12.9. The molecule has 0 saturated carbocycles. The number of fused-ring (bicyclic) bond motifs is 1. The monoisotopic (exact) mass is 590 g/mol. The Morgan fingerprint density at radius 3 is 2.44 bits per heavy atom. The minimum atomic E-state index is -1.58. The average molecular weight is 591 g/mol. The largest absolute Gasteiger partial charge is 0.587 e. The van der Waals surface area contributed by atoms with Crippen molar-refractivity contribution >= 4 is 51.5 Å². The van der Waals surface area contributed by atoms with Crippen molar-refractivity contribution in [2.75, 3.05) is 0 Å². The summed E-state index contributed by atoms with van der Waals surface area (Å²) in [4.78, 5) is 12.7. The molecule has 4 aromatic carbocycles. The molecule has 0 fully saturated rings. The summed E-state index contributed by atoms with van der Waals surface area (Å²) < 4.78 is 16.3. The van der Waals surface area contributed by atoms with E-state index in [9.17, 15) is 14.6 Å². The summed E-state index contributed by atoms with van der Waals surface area (Å²) in [6, 6.07) is 31.4. The third-order valence-corrected chi connectivity index (χ3v) is 9.95. The standard InChI is InChI=1S/C34H23ClN2O2S2/c1-21-10-13-26(14-11-21)41(39)37-30-9-4-3-8-28(30)32(29-16-17-40-31(29)19-36)34(37)24-7-5-6-23(18-24)27-15-12-25(20-38)22(2)33(27)35/h3-18,20H,1-2H3. The molecule has 0 aliphatic carbocycles. The molecule has 1 unspecified atom stereocenters. The quantitative estimate of drug-likeness (QED) is 0.143. The van der Waals surface area contributed by atoms with Crippen LogP contribution in [0.3, 0.4) is 0 Å². The van der Waals surface area contributed by atoms with Crippen LogP contribution in [0.5, 0.6) is 0 Å². The Labute approximate surface area is 250 Å². The Morgan fingerprint density at radius 1 is 0.927 bits per heavy atom. The van der Waals surface area contributed by atoms with Crippen molar-refractivity contribution in [3.63, 3.8) is 0 Å². The molecule has 0 aliphatic heterocycles. The van der Waals surface area contributed by atoms with Crippen LogP contribution in [0.25, 0.3) is 44.4 Å². The van der Waals surface area contributed by atoms with Crippen LogP contribution in [0.4, 0.5) is 0 Å². The highest BCUT2D eigenvalue weighted by atomic mass is 35.5. The lowest BCUT2D eigenvalue weighted by Crippen LogP contribution is -2.14. The highest BCUT2D eigenvalue weighted by molar-refractivity contribution is 7.90. The van der Waals surface area contributed by atoms with E-state index in [2.05, 4.69) is 6.07 Å². The predicted molar refractivity (Wildman–Crippen MR) is 169 cm³/mol. The van der Waals surface area contributed by atoms with Crippen LogP contribution in [-0.4, -0.2) is 14.8 Å². The third-order valence-electron chi connectivity index (χ3n) is 7.26. The molecule has 0 radical (unpaired) electrons. The number of thiophene rings is 1. The Hall–Kier alpha value is -4.12. The number of carbonyl (C=O) groups is 1. The normalized spacial score (nSPS) is 11.9. The van der Waals surface area contributed by atoms with E-state index in [1.807, 2.05) is 108 Å². The molecular weight excluding hydrogens is 568 g/mol. The van der Waals surface area contributed by atoms with Crippen molar-refractivity contribution in [3.05, 3.63) is 123 Å². The fraction of sp³-hybridized carbons (Fsp3) is 0.0588. The van der Waals surface area contributed by atoms with Gasteiger partial charge in [0.2, 0.25) is 0 Å². The number of rotatable bonds is 6. The highest BCUT2D eigenvalue weighted by Crippen LogP contribution is 2.46. The number of halogens is 1. The van der Waals surface area contributed by atoms with Crippen LogP contribution in [0.2, 0.25) is 5.02 Å². The van der Waals surface area contributed by atoms with Crippen molar-refractivity contribution < 1.29 is 9.35 Å². The van der Waals surface area contributed by atoms with Gasteiger partial charge in [-0.05, 0) is 60.7 Å². The van der Waals surface area contributed by atoms with Crippen molar-refractivity contribution in [1.82, 2.24) is 3.97 Å². The number of hydrogen-bond acceptors (Lipinski definition) is 4. The first-order chi connectivity index (χ1) is 19.9. The molecular formula is C34H23ClN2O2S2. The van der Waals surface area contributed by atoms with Crippen LogP contribution in [0, 0.1) is 25.2 Å². The van der Waals surface area contributed by atoms with Gasteiger partial charge in [0, 0.05) is 33.2 Å². The van der Waals surface area contributed by atoms with Crippen molar-refractivity contribution in [2.24, 2.45) is 0 Å². The van der Waals surface area contributed by atoms with Gasteiger partial charge in [0.15, 0.2) is 4.90 Å². The number of nitriles is 1. The molecule has 200 valence electrons. The number of carbonyl (C=O) groups excluding carboxylic acids is 1. The zero-order valence-electron chi connectivity index (χ0n) is 22.2. The van der Waals surface area contributed by atoms with Crippen LogP contribution in [0.15, 0.2) is 101 Å². The van der Waals surface area contributed by atoms with E-state index in [1.54, 1.807) is 6.07 Å². The van der Waals surface area contributed by atoms with Gasteiger partial charge >= 0.3 is 0 Å². The molecule has 7 heteroatoms. The zero-order valence-corrected chi connectivity index (χ0v) is 24.6. The van der Waals surface area contributed by atoms with Gasteiger partial charge < -0.3 is 4.55 Å². The second-order valence-electron chi connectivity index (χ2n) is 9.71. The molecule has 2 aromatic heterocycles. The summed E-state index contributed by atoms with van der Waals surface area (Å²) in [6.07, 6.45) is 0.806. The topological polar surface area (TPSA) is 68.8 Å². The van der Waals surface area contributed by atoms with Gasteiger partial charge in [-0.2, -0.15) is 9.23 Å². The average Bonchev–Trinajstić information content (AvgIpc) is 3.61. The number of aryl methyl sites for hydroxylation is 1. The minimum Gasteiger partial charge on any atom is -0.587 e. The molecule has 2 heterocycles. The van der Waals surface area contributed by atoms with E-state index < -0.39 is 11.4 Å². The Balaban J connectivity index is 1.67. The van der Waals surface area contributed by atoms with Crippen molar-refractivity contribution in [1.29, 1.82) is 5.26 Å². The molecule has 0 N–H and O–H groups in total. The highest BCUT2D eigenvalue weighted by Gasteiger charge is 2.29. The molecule has 1 atom stereocenters. The fourth-order valence-corrected chi connectivity index (χ4v) is 7.41. The zero-order chi connectivity index (χ0) is 28.7. The predicted octanol–water partition coefficient (Wildman–Crippen LogP) is 9.23. The molecule has 0 bridgehead atoms. The number of hydrogen-bond donors (Lipinski definition) is 0. The summed E-state index contributed by atoms with van der Waals surface area (Å²) in [5.74, 6) is 0. The summed E-state index contributed by atoms with van der Waals surface area (Å²) in [6.45, 7) is 3.83. The molecule has 0 aliphatic rings. The summed E-state index contributed by atoms with van der Waals surface area (Å²) in [5, 5.41) is 13.3. The van der Waals surface area contributed by atoms with Gasteiger partial charge in [-0.3, -0.25) is 4.79 Å². The Morgan fingerprint density at radius 2 is 1.68 bits per heavy atom. The maximum Gasteiger partial charge on any atom is 0.180 e. The van der Waals surface area contributed by atoms with Gasteiger partial charge in [0.05, 0.1) is 10.5 Å². The summed E-state index contributed by atoms with van der Waals surface area (Å²) >= 11 is 6.56. The molecule has 6 rings (SSSR count). The maximum absolute atomic E-state index is 14.4. The third kappa shape index (κ3) is 4.67. The first-order valence-corrected chi connectivity index (χ1v) is 15.2. The van der Waals surface area contributed by atoms with E-state index >= 15 is 0 Å². The Kier molecular flexibility index (Phi) is 7.29. The van der Waals surface area contributed by atoms with Gasteiger partial charge in [-0.25, -0.2) is 0 Å². The lowest BCUT2D eigenvalue weighted by molar-refractivity contribution is 0.112. The lowest BCUT2D eigenvalue weighted by atomic mass is 9.95. The number of nitrogens with zero attached hydrogens (tertiary/aromatic N) is 2. The van der Waals surface area contributed by atoms with Crippen molar-refractivity contribution in [3.8, 4) is 39.6 Å². The van der Waals surface area contributed by atoms with Gasteiger partial charge in [-0.15, -0.1) is 11.3 Å². The Bertz CT molecular complexity index is 1980. The molecule has 0 spiro atoms. The van der Waals surface area contributed by atoms with E-state index in [4.69, 9.17) is 11.6 Å². The number of benzene rings is 4. The molecule has 6 aromatic rings. The van der Waals surface area contributed by atoms with Crippen LogP contribution in [-0.2, 0) is 11.4 Å². The number of aromatic nitrogens is 1. The smallest absolute Gasteiger partial charge is 0.180 e. The lowest BCUT2D eigenvalue weighted by Gasteiger charge is -2.17. The molecule has 0 saturated heterocycles. The second-order valence-corrected chi connectivity index (χ2v) is 12.3. The SMILES string of the molecule is Cc1ccc([S+]([O-])n2c(-c3cccc(-c4ccc(C=O)c(C)c4Cl)c3)c(-c3ccsc3C#N)c3ccccc32)cc1. The summed E-state index contributed by atoms with van der Waals surface area (Å²) in [7, 11) is 0. The van der Waals surface area contributed by atoms with Gasteiger partial charge in [-0.1, -0.05) is 77.8 Å². The van der Waals surface area contributed by atoms with Crippen LogP contribution in [0.1, 0.15) is 26.4 Å². The summed E-state index contributed by atoms with van der Waals surface area (Å²) in [5.41, 5.74) is 8.06. The molecule has 4 nitrogen and oxygen atoms in total. The maximum atomic E-state index is 14.4. The van der Waals surface area contributed by atoms with Gasteiger partial charge in [0.1, 0.15) is 34.3 Å². The van der Waals surface area contributed by atoms with Crippen LogP contribution >= 0.6 is 22.9 Å². The minimum absolute atomic E-state index is 0.514. The van der Waals surface area contributed by atoms with Gasteiger partial charge in [0.25, 0.3) is 0 Å². The number of para-hydroxylation sites is 1. The molecule has 0 amide bonds. The first kappa shape index (κ1) is 27.1. The van der Waals surface area contributed by atoms with E-state index in [0.717, 1.165) is 61.8 Å². The van der Waals surface area contributed by atoms with Crippen molar-refractivity contribution in [2.45, 2.75) is 18.7 Å². The van der Waals surface area contributed by atoms with E-state index in [-0.39, 0.29) is 0 Å². The molecule has 41 heavy (non-hydrogen) atoms. The number of aldehydes is 1. The van der Waals surface area contributed by atoms with E-state index in [1.165, 1.54) is 11.3 Å². The van der Waals surface area contributed by atoms with Crippen LogP contribution < -0.4 is 0 Å². The second kappa shape index (κ2) is 11.0. The van der Waals surface area contributed by atoms with E-state index in [0.29, 0.717) is 20.4 Å². The fourth-order valence-electron chi connectivity index (χ4n) is 5.16.